The van der Waals surface area contributed by atoms with Gasteiger partial charge in [0.15, 0.2) is 0 Å². The maximum absolute atomic E-state index is 10.7. The summed E-state index contributed by atoms with van der Waals surface area (Å²) in [7, 11) is 0. The molecule has 6 heteroatoms. The van der Waals surface area contributed by atoms with Crippen LogP contribution >= 0.6 is 0 Å². The molecule has 0 aliphatic heterocycles. The lowest BCUT2D eigenvalue weighted by Crippen LogP contribution is -2.22. The Morgan fingerprint density at radius 2 is 2.10 bits per heavy atom. The third kappa shape index (κ3) is 4.25. The smallest absolute Gasteiger partial charge is 0.290 e. The fraction of sp³-hybridized carbons (Fsp3) is 0.267. The first kappa shape index (κ1) is 14.9. The quantitative estimate of drug-likeness (QED) is 0.628. The van der Waals surface area contributed by atoms with Crippen LogP contribution in [0.1, 0.15) is 11.1 Å². The summed E-state index contributed by atoms with van der Waals surface area (Å²) in [5.74, 6) is 0.519. The van der Waals surface area contributed by atoms with E-state index in [1.165, 1.54) is 6.20 Å². The first-order valence-corrected chi connectivity index (χ1v) is 6.63. The van der Waals surface area contributed by atoms with E-state index in [1.807, 2.05) is 30.3 Å². The van der Waals surface area contributed by atoms with Gasteiger partial charge in [0, 0.05) is 18.5 Å². The van der Waals surface area contributed by atoms with E-state index in [0.29, 0.717) is 24.3 Å². The molecule has 1 aromatic carbocycles. The van der Waals surface area contributed by atoms with Gasteiger partial charge in [-0.3, -0.25) is 10.1 Å². The number of anilines is 1. The molecule has 1 heterocycles. The Morgan fingerprint density at radius 3 is 2.71 bits per heavy atom. The van der Waals surface area contributed by atoms with E-state index in [4.69, 9.17) is 0 Å². The molecule has 1 aromatic heterocycles. The highest BCUT2D eigenvalue weighted by Gasteiger charge is 2.12. The van der Waals surface area contributed by atoms with Crippen LogP contribution in [-0.2, 0) is 6.42 Å². The number of rotatable bonds is 6. The molecule has 0 fully saturated rings. The van der Waals surface area contributed by atoms with Gasteiger partial charge >= 0.3 is 0 Å². The van der Waals surface area contributed by atoms with Crippen LogP contribution < -0.4 is 5.32 Å². The number of pyridine rings is 1. The van der Waals surface area contributed by atoms with Crippen molar-refractivity contribution in [1.29, 1.82) is 0 Å². The molecular weight excluding hydrogens is 270 g/mol. The minimum atomic E-state index is -0.551. The van der Waals surface area contributed by atoms with Crippen molar-refractivity contribution in [2.75, 3.05) is 11.9 Å². The topological polar surface area (TPSA) is 88.3 Å². The zero-order valence-corrected chi connectivity index (χ0v) is 11.7. The Morgan fingerprint density at radius 1 is 1.38 bits per heavy atom. The van der Waals surface area contributed by atoms with Crippen LogP contribution in [0.3, 0.4) is 0 Å². The Bertz CT molecular complexity index is 617. The molecule has 2 aromatic rings. The van der Waals surface area contributed by atoms with Crippen molar-refractivity contribution in [3.63, 3.8) is 0 Å². The highest BCUT2D eigenvalue weighted by molar-refractivity contribution is 5.46. The predicted molar refractivity (Wildman–Crippen MR) is 80.3 cm³/mol. The molecule has 0 bridgehead atoms. The second kappa shape index (κ2) is 6.81. The van der Waals surface area contributed by atoms with Crippen molar-refractivity contribution in [2.45, 2.75) is 19.4 Å². The summed E-state index contributed by atoms with van der Waals surface area (Å²) in [4.78, 5) is 14.2. The normalized spacial score (nSPS) is 11.9. The highest BCUT2D eigenvalue weighted by Crippen LogP contribution is 2.18. The van der Waals surface area contributed by atoms with E-state index in [1.54, 1.807) is 13.0 Å². The molecule has 21 heavy (non-hydrogen) atoms. The van der Waals surface area contributed by atoms with Gasteiger partial charge in [0.1, 0.15) is 12.0 Å². The largest absolute Gasteiger partial charge is 0.391 e. The van der Waals surface area contributed by atoms with Crippen LogP contribution in [0.5, 0.6) is 0 Å². The summed E-state index contributed by atoms with van der Waals surface area (Å²) in [6.07, 6.45) is 1.21. The molecule has 1 atom stereocenters. The second-order valence-corrected chi connectivity index (χ2v) is 4.84. The number of aryl methyl sites for hydroxylation is 1. The molecule has 2 N–H and O–H groups in total. The molecule has 0 amide bonds. The summed E-state index contributed by atoms with van der Waals surface area (Å²) in [5.41, 5.74) is 1.58. The number of nitrogens with zero attached hydrogens (tertiary/aromatic N) is 2. The molecule has 110 valence electrons. The molecule has 1 unspecified atom stereocenters. The van der Waals surface area contributed by atoms with E-state index < -0.39 is 11.0 Å². The fourth-order valence-corrected chi connectivity index (χ4v) is 2.02. The summed E-state index contributed by atoms with van der Waals surface area (Å²) < 4.78 is 0. The van der Waals surface area contributed by atoms with Crippen LogP contribution in [0.25, 0.3) is 0 Å². The van der Waals surface area contributed by atoms with Crippen molar-refractivity contribution < 1.29 is 10.0 Å². The zero-order chi connectivity index (χ0) is 15.2. The van der Waals surface area contributed by atoms with E-state index in [9.17, 15) is 15.2 Å². The lowest BCUT2D eigenvalue weighted by Gasteiger charge is -2.12. The maximum Gasteiger partial charge on any atom is 0.290 e. The second-order valence-electron chi connectivity index (χ2n) is 4.84. The molecule has 2 rings (SSSR count). The molecule has 0 saturated heterocycles. The van der Waals surface area contributed by atoms with Crippen LogP contribution in [0.2, 0.25) is 0 Å². The SMILES string of the molecule is Cc1cc(NCC(O)Cc2ccccc2)ncc1[N+](=O)[O-]. The van der Waals surface area contributed by atoms with Crippen molar-refractivity contribution in [1.82, 2.24) is 4.98 Å². The monoisotopic (exact) mass is 287 g/mol. The zero-order valence-electron chi connectivity index (χ0n) is 11.7. The number of aromatic nitrogens is 1. The first-order chi connectivity index (χ1) is 10.1. The Balaban J connectivity index is 1.91. The predicted octanol–water partition coefficient (Wildman–Crippen LogP) is 2.31. The van der Waals surface area contributed by atoms with Gasteiger partial charge in [-0.05, 0) is 18.6 Å². The van der Waals surface area contributed by atoms with Crippen molar-refractivity contribution in [3.05, 3.63) is 63.8 Å². The lowest BCUT2D eigenvalue weighted by atomic mass is 10.1. The van der Waals surface area contributed by atoms with Gasteiger partial charge in [-0.2, -0.15) is 0 Å². The van der Waals surface area contributed by atoms with Crippen molar-refractivity contribution in [2.24, 2.45) is 0 Å². The Kier molecular flexibility index (Phi) is 4.84. The van der Waals surface area contributed by atoms with E-state index in [-0.39, 0.29) is 5.69 Å². The minimum Gasteiger partial charge on any atom is -0.391 e. The molecular formula is C15H17N3O3. The number of hydrogen-bond acceptors (Lipinski definition) is 5. The van der Waals surface area contributed by atoms with Crippen LogP contribution in [-0.4, -0.2) is 27.7 Å². The standard InChI is InChI=1S/C15H17N3O3/c1-11-7-15(17-10-14(11)18(20)21)16-9-13(19)8-12-5-3-2-4-6-12/h2-7,10,13,19H,8-9H2,1H3,(H,16,17). The maximum atomic E-state index is 10.7. The Labute approximate surface area is 122 Å². The van der Waals surface area contributed by atoms with Gasteiger partial charge < -0.3 is 10.4 Å². The molecule has 0 aliphatic carbocycles. The van der Waals surface area contributed by atoms with Crippen LogP contribution in [0.4, 0.5) is 11.5 Å². The average Bonchev–Trinajstić information content (AvgIpc) is 2.46. The number of nitrogens with one attached hydrogen (secondary N) is 1. The highest BCUT2D eigenvalue weighted by atomic mass is 16.6. The number of benzene rings is 1. The third-order valence-electron chi connectivity index (χ3n) is 3.11. The summed E-state index contributed by atoms with van der Waals surface area (Å²) in [5, 5.41) is 23.7. The first-order valence-electron chi connectivity index (χ1n) is 6.63. The summed E-state index contributed by atoms with van der Waals surface area (Å²) in [6, 6.07) is 11.3. The number of aliphatic hydroxyl groups is 1. The van der Waals surface area contributed by atoms with Crippen molar-refractivity contribution >= 4 is 11.5 Å². The molecule has 6 nitrogen and oxygen atoms in total. The van der Waals surface area contributed by atoms with E-state index in [0.717, 1.165) is 5.56 Å². The minimum absolute atomic E-state index is 0.00890. The number of aliphatic hydroxyl groups excluding tert-OH is 1. The molecule has 0 radical (unpaired) electrons. The van der Waals surface area contributed by atoms with Crippen LogP contribution in [0.15, 0.2) is 42.6 Å². The summed E-state index contributed by atoms with van der Waals surface area (Å²) >= 11 is 0. The third-order valence-corrected chi connectivity index (χ3v) is 3.11. The van der Waals surface area contributed by atoms with Gasteiger partial charge in [-0.15, -0.1) is 0 Å². The molecule has 0 aliphatic rings. The Hall–Kier alpha value is -2.47. The number of hydrogen-bond donors (Lipinski definition) is 2. The van der Waals surface area contributed by atoms with Gasteiger partial charge in [-0.1, -0.05) is 30.3 Å². The van der Waals surface area contributed by atoms with Gasteiger partial charge in [0.2, 0.25) is 0 Å². The average molecular weight is 287 g/mol. The van der Waals surface area contributed by atoms with Crippen LogP contribution in [0, 0.1) is 17.0 Å². The number of nitro groups is 1. The lowest BCUT2D eigenvalue weighted by molar-refractivity contribution is -0.385. The molecule has 0 spiro atoms. The van der Waals surface area contributed by atoms with E-state index >= 15 is 0 Å². The van der Waals surface area contributed by atoms with E-state index in [2.05, 4.69) is 10.3 Å². The van der Waals surface area contributed by atoms with Gasteiger partial charge in [0.05, 0.1) is 11.0 Å². The molecule has 0 saturated carbocycles. The fourth-order valence-electron chi connectivity index (χ4n) is 2.02. The summed E-state index contributed by atoms with van der Waals surface area (Å²) in [6.45, 7) is 1.99. The van der Waals surface area contributed by atoms with Gasteiger partial charge in [0.25, 0.3) is 5.69 Å². The van der Waals surface area contributed by atoms with Crippen molar-refractivity contribution in [3.8, 4) is 0 Å². The van der Waals surface area contributed by atoms with Gasteiger partial charge in [-0.25, -0.2) is 4.98 Å².